The minimum Gasteiger partial charge on any atom is -0.496 e. The van der Waals surface area contributed by atoms with Crippen molar-refractivity contribution in [2.24, 2.45) is 0 Å². The smallest absolute Gasteiger partial charge is 0.131 e. The number of methoxy groups -OCH3 is 3. The first kappa shape index (κ1) is 14.2. The van der Waals surface area contributed by atoms with E-state index in [4.69, 9.17) is 14.2 Å². The largest absolute Gasteiger partial charge is 0.496 e. The van der Waals surface area contributed by atoms with Crippen molar-refractivity contribution in [1.82, 2.24) is 15.0 Å². The summed E-state index contributed by atoms with van der Waals surface area (Å²) in [4.78, 5) is 0. The van der Waals surface area contributed by atoms with Crippen LogP contribution in [0.3, 0.4) is 0 Å². The highest BCUT2D eigenvalue weighted by Gasteiger charge is 2.15. The maximum absolute atomic E-state index is 5.47. The molecule has 0 aliphatic heterocycles. The molecule has 6 nitrogen and oxygen atoms in total. The van der Waals surface area contributed by atoms with Gasteiger partial charge in [0.1, 0.15) is 22.8 Å². The zero-order chi connectivity index (χ0) is 15.5. The van der Waals surface area contributed by atoms with Crippen molar-refractivity contribution in [2.45, 2.75) is 6.54 Å². The molecule has 6 heteroatoms. The fourth-order valence-corrected chi connectivity index (χ4v) is 2.42. The Hall–Kier alpha value is -2.76. The lowest BCUT2D eigenvalue weighted by molar-refractivity contribution is 0.366. The second kappa shape index (κ2) is 5.93. The molecule has 1 heterocycles. The van der Waals surface area contributed by atoms with Gasteiger partial charge in [0.15, 0.2) is 0 Å². The van der Waals surface area contributed by atoms with Crippen LogP contribution in [-0.4, -0.2) is 36.3 Å². The van der Waals surface area contributed by atoms with Gasteiger partial charge in [0.2, 0.25) is 0 Å². The van der Waals surface area contributed by atoms with Crippen LogP contribution in [0.5, 0.6) is 17.2 Å². The Morgan fingerprint density at radius 3 is 2.27 bits per heavy atom. The molecule has 0 N–H and O–H groups in total. The van der Waals surface area contributed by atoms with E-state index in [0.717, 1.165) is 16.6 Å². The third-order valence-corrected chi connectivity index (χ3v) is 3.55. The topological polar surface area (TPSA) is 58.4 Å². The zero-order valence-corrected chi connectivity index (χ0v) is 12.7. The van der Waals surface area contributed by atoms with Crippen molar-refractivity contribution >= 4 is 11.0 Å². The molecule has 2 aromatic carbocycles. The lowest BCUT2D eigenvalue weighted by Crippen LogP contribution is -2.06. The van der Waals surface area contributed by atoms with Gasteiger partial charge in [-0.15, -0.1) is 5.10 Å². The summed E-state index contributed by atoms with van der Waals surface area (Å²) in [6.07, 6.45) is 0. The number of rotatable bonds is 5. The monoisotopic (exact) mass is 299 g/mol. The number of hydrogen-bond donors (Lipinski definition) is 0. The van der Waals surface area contributed by atoms with Crippen LogP contribution in [0.1, 0.15) is 5.56 Å². The van der Waals surface area contributed by atoms with Gasteiger partial charge in [-0.1, -0.05) is 17.3 Å². The van der Waals surface area contributed by atoms with Gasteiger partial charge in [0, 0.05) is 12.1 Å². The van der Waals surface area contributed by atoms with Crippen molar-refractivity contribution in [3.63, 3.8) is 0 Å². The molecule has 114 valence electrons. The number of benzene rings is 2. The third-order valence-electron chi connectivity index (χ3n) is 3.55. The quantitative estimate of drug-likeness (QED) is 0.724. The highest BCUT2D eigenvalue weighted by atomic mass is 16.5. The van der Waals surface area contributed by atoms with Gasteiger partial charge in [-0.3, -0.25) is 0 Å². The molecule has 1 aromatic heterocycles. The van der Waals surface area contributed by atoms with Crippen molar-refractivity contribution < 1.29 is 14.2 Å². The van der Waals surface area contributed by atoms with Crippen LogP contribution >= 0.6 is 0 Å². The molecule has 0 radical (unpaired) electrons. The van der Waals surface area contributed by atoms with E-state index in [2.05, 4.69) is 10.3 Å². The Balaban J connectivity index is 2.07. The van der Waals surface area contributed by atoms with Crippen molar-refractivity contribution in [3.05, 3.63) is 42.0 Å². The van der Waals surface area contributed by atoms with Crippen LogP contribution in [0.2, 0.25) is 0 Å². The highest BCUT2D eigenvalue weighted by Crippen LogP contribution is 2.34. The number of fused-ring (bicyclic) bond motifs is 1. The molecule has 0 unspecified atom stereocenters. The van der Waals surface area contributed by atoms with E-state index < -0.39 is 0 Å². The zero-order valence-electron chi connectivity index (χ0n) is 12.7. The summed E-state index contributed by atoms with van der Waals surface area (Å²) < 4.78 is 18.0. The molecular weight excluding hydrogens is 282 g/mol. The SMILES string of the molecule is COc1cc(OC)c(Cn2nnc3ccccc32)c(OC)c1. The molecule has 3 rings (SSSR count). The van der Waals surface area contributed by atoms with E-state index in [1.165, 1.54) is 0 Å². The number of hydrogen-bond acceptors (Lipinski definition) is 5. The summed E-state index contributed by atoms with van der Waals surface area (Å²) >= 11 is 0. The van der Waals surface area contributed by atoms with Gasteiger partial charge in [-0.05, 0) is 12.1 Å². The van der Waals surface area contributed by atoms with Gasteiger partial charge in [-0.2, -0.15) is 0 Å². The molecular formula is C16H17N3O3. The average Bonchev–Trinajstić information content (AvgIpc) is 2.98. The number of nitrogens with zero attached hydrogens (tertiary/aromatic N) is 3. The Kier molecular flexibility index (Phi) is 3.82. The first-order valence-corrected chi connectivity index (χ1v) is 6.84. The standard InChI is InChI=1S/C16H17N3O3/c1-20-11-8-15(21-2)12(16(9-11)22-3)10-19-14-7-5-4-6-13(14)17-18-19/h4-9H,10H2,1-3H3. The molecule has 0 fully saturated rings. The van der Waals surface area contributed by atoms with E-state index in [9.17, 15) is 0 Å². The molecule has 0 bridgehead atoms. The molecule has 0 spiro atoms. The van der Waals surface area contributed by atoms with Crippen LogP contribution < -0.4 is 14.2 Å². The van der Waals surface area contributed by atoms with E-state index >= 15 is 0 Å². The summed E-state index contributed by atoms with van der Waals surface area (Å²) in [5, 5.41) is 8.37. The summed E-state index contributed by atoms with van der Waals surface area (Å²) in [5.41, 5.74) is 2.71. The van der Waals surface area contributed by atoms with Crippen LogP contribution in [0.15, 0.2) is 36.4 Å². The van der Waals surface area contributed by atoms with Crippen molar-refractivity contribution in [1.29, 1.82) is 0 Å². The maximum atomic E-state index is 5.47. The van der Waals surface area contributed by atoms with Gasteiger partial charge < -0.3 is 14.2 Å². The minimum atomic E-state index is 0.497. The highest BCUT2D eigenvalue weighted by molar-refractivity contribution is 5.74. The maximum Gasteiger partial charge on any atom is 0.131 e. The molecule has 0 amide bonds. The molecule has 22 heavy (non-hydrogen) atoms. The first-order chi connectivity index (χ1) is 10.8. The van der Waals surface area contributed by atoms with E-state index in [1.807, 2.05) is 41.1 Å². The van der Waals surface area contributed by atoms with Crippen molar-refractivity contribution in [2.75, 3.05) is 21.3 Å². The fraction of sp³-hybridized carbons (Fsp3) is 0.250. The molecule has 0 atom stereocenters. The lowest BCUT2D eigenvalue weighted by atomic mass is 10.1. The predicted octanol–water partition coefficient (Wildman–Crippen LogP) is 2.51. The summed E-state index contributed by atoms with van der Waals surface area (Å²) in [5.74, 6) is 2.06. The Labute approximate surface area is 128 Å². The second-order valence-corrected chi connectivity index (χ2v) is 4.75. The second-order valence-electron chi connectivity index (χ2n) is 4.75. The molecule has 0 aliphatic carbocycles. The van der Waals surface area contributed by atoms with Gasteiger partial charge in [-0.25, -0.2) is 4.68 Å². The lowest BCUT2D eigenvalue weighted by Gasteiger charge is -2.15. The number of aromatic nitrogens is 3. The Morgan fingerprint density at radius 1 is 0.955 bits per heavy atom. The van der Waals surface area contributed by atoms with E-state index in [0.29, 0.717) is 23.8 Å². The number of para-hydroxylation sites is 1. The third kappa shape index (κ3) is 2.43. The molecule has 0 saturated heterocycles. The van der Waals surface area contributed by atoms with Gasteiger partial charge in [0.25, 0.3) is 0 Å². The Bertz CT molecular complexity index is 773. The molecule has 0 saturated carbocycles. The molecule has 3 aromatic rings. The fourth-order valence-electron chi connectivity index (χ4n) is 2.42. The van der Waals surface area contributed by atoms with Crippen LogP contribution in [0.4, 0.5) is 0 Å². The summed E-state index contributed by atoms with van der Waals surface area (Å²) in [6, 6.07) is 11.5. The Morgan fingerprint density at radius 2 is 1.64 bits per heavy atom. The molecule has 0 aliphatic rings. The summed E-state index contributed by atoms with van der Waals surface area (Å²) in [7, 11) is 4.85. The normalized spacial score (nSPS) is 10.7. The predicted molar refractivity (Wildman–Crippen MR) is 82.7 cm³/mol. The van der Waals surface area contributed by atoms with Crippen LogP contribution in [0.25, 0.3) is 11.0 Å². The average molecular weight is 299 g/mol. The summed E-state index contributed by atoms with van der Waals surface area (Å²) in [6.45, 7) is 0.497. The minimum absolute atomic E-state index is 0.497. The first-order valence-electron chi connectivity index (χ1n) is 6.84. The van der Waals surface area contributed by atoms with Gasteiger partial charge in [0.05, 0.1) is 39.0 Å². The number of ether oxygens (including phenoxy) is 3. The van der Waals surface area contributed by atoms with E-state index in [1.54, 1.807) is 21.3 Å². The van der Waals surface area contributed by atoms with Crippen LogP contribution in [-0.2, 0) is 6.54 Å². The van der Waals surface area contributed by atoms with E-state index in [-0.39, 0.29) is 0 Å². The van der Waals surface area contributed by atoms with Crippen LogP contribution in [0, 0.1) is 0 Å². The van der Waals surface area contributed by atoms with Gasteiger partial charge >= 0.3 is 0 Å². The van der Waals surface area contributed by atoms with Crippen molar-refractivity contribution in [3.8, 4) is 17.2 Å².